The molecule has 1 aliphatic rings. The van der Waals surface area contributed by atoms with Gasteiger partial charge in [-0.25, -0.2) is 4.98 Å². The number of hydrogen-bond acceptors (Lipinski definition) is 9. The topological polar surface area (TPSA) is 131 Å². The number of hydrogen-bond donors (Lipinski definition) is 1. The molecule has 11 heteroatoms. The maximum Gasteiger partial charge on any atom is 0.312 e. The molecule has 2 N–H and O–H groups in total. The highest BCUT2D eigenvalue weighted by Crippen LogP contribution is 2.40. The summed E-state index contributed by atoms with van der Waals surface area (Å²) < 4.78 is 32.6. The number of terminal acetylenes is 1. The molecule has 3 heterocycles. The van der Waals surface area contributed by atoms with E-state index >= 15 is 0 Å². The molecule has 3 atom stereocenters. The summed E-state index contributed by atoms with van der Waals surface area (Å²) in [4.78, 5) is 36.2. The second-order valence-electron chi connectivity index (χ2n) is 9.30. The third kappa shape index (κ3) is 7.16. The fraction of sp³-hybridized carbons (Fsp3) is 0.654. The molecule has 0 aromatic carbocycles. The summed E-state index contributed by atoms with van der Waals surface area (Å²) in [5, 5.41) is 0. The largest absolute Gasteiger partial charge is 0.461 e. The van der Waals surface area contributed by atoms with Crippen molar-refractivity contribution in [1.82, 2.24) is 19.5 Å². The van der Waals surface area contributed by atoms with E-state index in [0.717, 1.165) is 25.7 Å². The summed E-state index contributed by atoms with van der Waals surface area (Å²) in [6.45, 7) is 3.73. The zero-order valence-electron chi connectivity index (χ0n) is 21.6. The van der Waals surface area contributed by atoms with Crippen molar-refractivity contribution in [2.75, 3.05) is 12.3 Å². The number of esters is 2. The Balaban J connectivity index is 1.70. The average molecular weight is 518 g/mol. The number of imidazole rings is 1. The molecule has 202 valence electrons. The minimum atomic E-state index is -1.53. The number of nitrogens with zero attached hydrogens (tertiary/aromatic N) is 4. The van der Waals surface area contributed by atoms with Crippen LogP contribution in [0, 0.1) is 18.4 Å². The number of halogens is 1. The van der Waals surface area contributed by atoms with Crippen molar-refractivity contribution in [3.05, 3.63) is 12.4 Å². The van der Waals surface area contributed by atoms with Crippen LogP contribution in [0.2, 0.25) is 0 Å². The van der Waals surface area contributed by atoms with Crippen molar-refractivity contribution in [2.45, 2.75) is 102 Å². The summed E-state index contributed by atoms with van der Waals surface area (Å²) in [6.07, 6.45) is 13.2. The summed E-state index contributed by atoms with van der Waals surface area (Å²) >= 11 is 0. The molecule has 0 aliphatic carbocycles. The molecule has 1 saturated heterocycles. The Kier molecular flexibility index (Phi) is 10.2. The molecule has 10 nitrogen and oxygen atoms in total. The molecule has 1 fully saturated rings. The number of ether oxygens (including phenoxy) is 3. The van der Waals surface area contributed by atoms with Gasteiger partial charge in [0.1, 0.15) is 18.9 Å². The van der Waals surface area contributed by atoms with Crippen LogP contribution in [0.4, 0.5) is 10.2 Å². The van der Waals surface area contributed by atoms with Gasteiger partial charge in [0.25, 0.3) is 0 Å². The van der Waals surface area contributed by atoms with Crippen molar-refractivity contribution < 1.29 is 28.2 Å². The number of fused-ring (bicyclic) bond motifs is 1. The van der Waals surface area contributed by atoms with Gasteiger partial charge >= 0.3 is 18.0 Å². The van der Waals surface area contributed by atoms with Gasteiger partial charge in [0.05, 0.1) is 6.33 Å². The number of rotatable bonds is 14. The maximum atomic E-state index is 13.9. The number of carbonyl (C=O) groups is 2. The number of carbonyl (C=O) groups excluding carboxylic acids is 2. The van der Waals surface area contributed by atoms with E-state index in [2.05, 4.69) is 27.8 Å². The van der Waals surface area contributed by atoms with Crippen molar-refractivity contribution >= 4 is 28.9 Å². The van der Waals surface area contributed by atoms with Gasteiger partial charge in [0.2, 0.25) is 5.60 Å². The molecule has 2 aromatic heterocycles. The molecule has 0 spiro atoms. The van der Waals surface area contributed by atoms with E-state index in [-0.39, 0.29) is 42.9 Å². The van der Waals surface area contributed by atoms with Crippen molar-refractivity contribution in [3.8, 4) is 12.3 Å². The lowest BCUT2D eigenvalue weighted by Gasteiger charge is -2.28. The van der Waals surface area contributed by atoms with Crippen LogP contribution in [0.15, 0.2) is 6.33 Å². The van der Waals surface area contributed by atoms with Crippen LogP contribution >= 0.6 is 0 Å². The fourth-order valence-electron chi connectivity index (χ4n) is 4.38. The quantitative estimate of drug-likeness (QED) is 0.169. The standard InChI is InChI=1S/C26H36FN5O5/c1-4-7-8-9-10-11-12-14-20(33)35-16-26(6-3)18(36-21(34)13-5-2)15-19(37-26)32-17-29-22-23(28)30-25(27)31-24(22)32/h3,17-19H,4-5,7-16H2,1-2H3,(H2,28,30,31)/t18-,19+,26?/m0/s1. The smallest absolute Gasteiger partial charge is 0.312 e. The van der Waals surface area contributed by atoms with E-state index in [0.29, 0.717) is 6.42 Å². The van der Waals surface area contributed by atoms with Crippen LogP contribution in [0.5, 0.6) is 0 Å². The van der Waals surface area contributed by atoms with Crippen molar-refractivity contribution in [2.24, 2.45) is 0 Å². The third-order valence-corrected chi connectivity index (χ3v) is 6.42. The molecule has 0 amide bonds. The highest BCUT2D eigenvalue weighted by molar-refractivity contribution is 5.81. The van der Waals surface area contributed by atoms with E-state index in [1.54, 1.807) is 0 Å². The van der Waals surface area contributed by atoms with Crippen LogP contribution in [-0.2, 0) is 23.8 Å². The molecule has 2 aromatic rings. The van der Waals surface area contributed by atoms with Gasteiger partial charge in [-0.3, -0.25) is 14.2 Å². The van der Waals surface area contributed by atoms with Gasteiger partial charge in [-0.2, -0.15) is 14.4 Å². The van der Waals surface area contributed by atoms with E-state index < -0.39 is 35.9 Å². The monoisotopic (exact) mass is 517 g/mol. The lowest BCUT2D eigenvalue weighted by molar-refractivity contribution is -0.166. The number of nitrogen functional groups attached to an aromatic ring is 1. The molecule has 0 saturated carbocycles. The highest BCUT2D eigenvalue weighted by Gasteiger charge is 2.52. The van der Waals surface area contributed by atoms with E-state index in [1.807, 2.05) is 6.92 Å². The fourth-order valence-corrected chi connectivity index (χ4v) is 4.38. The SMILES string of the molecule is C#CC1(COC(=O)CCCCCCCCC)O[C@@H](n2cnc3c(N)nc(F)nc32)C[C@@H]1OC(=O)CCC. The lowest BCUT2D eigenvalue weighted by atomic mass is 9.98. The molecule has 1 unspecified atom stereocenters. The Hall–Kier alpha value is -3.26. The predicted molar refractivity (Wildman–Crippen MR) is 134 cm³/mol. The second-order valence-corrected chi connectivity index (χ2v) is 9.30. The number of nitrogens with two attached hydrogens (primary N) is 1. The average Bonchev–Trinajstić information content (AvgIpc) is 3.44. The van der Waals surface area contributed by atoms with Crippen LogP contribution in [0.1, 0.15) is 90.7 Å². The Morgan fingerprint density at radius 3 is 2.59 bits per heavy atom. The number of aromatic nitrogens is 4. The molecule has 3 rings (SSSR count). The summed E-state index contributed by atoms with van der Waals surface area (Å²) in [7, 11) is 0. The molecule has 1 aliphatic heterocycles. The lowest BCUT2D eigenvalue weighted by Crippen LogP contribution is -2.45. The van der Waals surface area contributed by atoms with Gasteiger partial charge in [0.15, 0.2) is 17.0 Å². The molecule has 0 radical (unpaired) electrons. The highest BCUT2D eigenvalue weighted by atomic mass is 19.1. The first kappa shape index (κ1) is 28.3. The van der Waals surface area contributed by atoms with Gasteiger partial charge < -0.3 is 19.9 Å². The number of unbranched alkanes of at least 4 members (excludes halogenated alkanes) is 6. The van der Waals surface area contributed by atoms with Gasteiger partial charge in [-0.05, 0) is 12.8 Å². The minimum Gasteiger partial charge on any atom is -0.461 e. The zero-order valence-corrected chi connectivity index (χ0v) is 21.6. The Bertz CT molecular complexity index is 1120. The van der Waals surface area contributed by atoms with Crippen molar-refractivity contribution in [1.29, 1.82) is 0 Å². The van der Waals surface area contributed by atoms with Crippen LogP contribution in [0.3, 0.4) is 0 Å². The summed E-state index contributed by atoms with van der Waals surface area (Å²) in [6, 6.07) is 0. The molecule has 37 heavy (non-hydrogen) atoms. The van der Waals surface area contributed by atoms with E-state index in [9.17, 15) is 14.0 Å². The Labute approximate surface area is 216 Å². The first-order valence-electron chi connectivity index (χ1n) is 13.0. The van der Waals surface area contributed by atoms with Crippen molar-refractivity contribution in [3.63, 3.8) is 0 Å². The molecule has 0 bridgehead atoms. The first-order chi connectivity index (χ1) is 17.8. The Morgan fingerprint density at radius 2 is 1.89 bits per heavy atom. The second kappa shape index (κ2) is 13.3. The molecular weight excluding hydrogens is 481 g/mol. The predicted octanol–water partition coefficient (Wildman–Crippen LogP) is 4.23. The first-order valence-corrected chi connectivity index (χ1v) is 13.0. The summed E-state index contributed by atoms with van der Waals surface area (Å²) in [5.74, 6) is 1.59. The van der Waals surface area contributed by atoms with Gasteiger partial charge in [-0.15, -0.1) is 6.42 Å². The maximum absolute atomic E-state index is 13.9. The van der Waals surface area contributed by atoms with Gasteiger partial charge in [0, 0.05) is 19.3 Å². The van der Waals surface area contributed by atoms with E-state index in [4.69, 9.17) is 26.4 Å². The Morgan fingerprint density at radius 1 is 1.16 bits per heavy atom. The molecular formula is C26H36FN5O5. The normalized spacial score (nSPS) is 21.1. The van der Waals surface area contributed by atoms with Crippen LogP contribution in [-0.4, -0.2) is 49.8 Å². The third-order valence-electron chi connectivity index (χ3n) is 6.42. The zero-order chi connectivity index (χ0) is 26.8. The minimum absolute atomic E-state index is 0.109. The summed E-state index contributed by atoms with van der Waals surface area (Å²) in [5.41, 5.74) is 4.55. The van der Waals surface area contributed by atoms with Gasteiger partial charge in [-0.1, -0.05) is 58.3 Å². The van der Waals surface area contributed by atoms with Crippen LogP contribution < -0.4 is 5.73 Å². The number of anilines is 1. The van der Waals surface area contributed by atoms with E-state index in [1.165, 1.54) is 30.2 Å². The van der Waals surface area contributed by atoms with Crippen LogP contribution in [0.25, 0.3) is 11.2 Å².